The van der Waals surface area contributed by atoms with Gasteiger partial charge in [0.05, 0.1) is 20.7 Å². The first-order valence-electron chi connectivity index (χ1n) is 6.06. The van der Waals surface area contributed by atoms with Gasteiger partial charge in [-0.3, -0.25) is 0 Å². The molecule has 1 aromatic carbocycles. The van der Waals surface area contributed by atoms with E-state index in [9.17, 15) is 8.42 Å². The highest BCUT2D eigenvalue weighted by molar-refractivity contribution is 7.91. The molecular formula is C13H19Cl2NO2S. The molecule has 0 heterocycles. The van der Waals surface area contributed by atoms with Crippen LogP contribution in [-0.4, -0.2) is 20.7 Å². The second-order valence-corrected chi connectivity index (χ2v) is 8.29. The van der Waals surface area contributed by atoms with Crippen LogP contribution >= 0.6 is 23.2 Å². The van der Waals surface area contributed by atoms with Crippen molar-refractivity contribution in [3.05, 3.63) is 28.2 Å². The van der Waals surface area contributed by atoms with E-state index in [4.69, 9.17) is 28.9 Å². The third kappa shape index (κ3) is 4.95. The topological polar surface area (TPSA) is 60.2 Å². The van der Waals surface area contributed by atoms with E-state index in [0.29, 0.717) is 18.0 Å². The zero-order valence-electron chi connectivity index (χ0n) is 11.1. The molecule has 0 unspecified atom stereocenters. The number of rotatable bonds is 6. The van der Waals surface area contributed by atoms with Crippen molar-refractivity contribution in [2.45, 2.75) is 31.6 Å². The van der Waals surface area contributed by atoms with Crippen LogP contribution in [0, 0.1) is 5.41 Å². The first-order valence-corrected chi connectivity index (χ1v) is 8.47. The summed E-state index contributed by atoms with van der Waals surface area (Å²) in [6.45, 7) is 4.59. The molecule has 1 aromatic rings. The quantitative estimate of drug-likeness (QED) is 0.871. The molecule has 0 aliphatic heterocycles. The van der Waals surface area contributed by atoms with Crippen LogP contribution in [0.3, 0.4) is 0 Å². The van der Waals surface area contributed by atoms with E-state index < -0.39 is 9.84 Å². The number of nitrogens with two attached hydrogens (primary N) is 1. The monoisotopic (exact) mass is 323 g/mol. The second-order valence-electron chi connectivity index (χ2n) is 5.37. The van der Waals surface area contributed by atoms with E-state index in [1.54, 1.807) is 0 Å². The molecule has 1 rings (SSSR count). The normalized spacial score (nSPS) is 12.7. The zero-order chi connectivity index (χ0) is 14.7. The summed E-state index contributed by atoms with van der Waals surface area (Å²) in [5, 5.41) is 0.606. The van der Waals surface area contributed by atoms with Gasteiger partial charge in [-0.2, -0.15) is 0 Å². The predicted molar refractivity (Wildman–Crippen MR) is 80.6 cm³/mol. The molecule has 0 saturated heterocycles. The third-order valence-electron chi connectivity index (χ3n) is 3.07. The lowest BCUT2D eigenvalue weighted by molar-refractivity contribution is 0.344. The fourth-order valence-electron chi connectivity index (χ4n) is 1.63. The maximum absolute atomic E-state index is 12.1. The zero-order valence-corrected chi connectivity index (χ0v) is 13.4. The number of sulfone groups is 1. The number of benzene rings is 1. The van der Waals surface area contributed by atoms with Crippen molar-refractivity contribution in [1.82, 2.24) is 0 Å². The molecule has 19 heavy (non-hydrogen) atoms. The molecular weight excluding hydrogens is 305 g/mol. The van der Waals surface area contributed by atoms with Gasteiger partial charge < -0.3 is 5.73 Å². The van der Waals surface area contributed by atoms with Crippen LogP contribution in [0.1, 0.15) is 26.7 Å². The third-order valence-corrected chi connectivity index (χ3v) is 5.61. The molecule has 0 amide bonds. The molecule has 0 fully saturated rings. The predicted octanol–water partition coefficient (Wildman–Crippen LogP) is 3.53. The van der Waals surface area contributed by atoms with Gasteiger partial charge in [-0.25, -0.2) is 8.42 Å². The first-order chi connectivity index (χ1) is 8.68. The number of halogens is 2. The van der Waals surface area contributed by atoms with Gasteiger partial charge >= 0.3 is 0 Å². The summed E-state index contributed by atoms with van der Waals surface area (Å²) in [6.07, 6.45) is 1.34. The molecule has 0 atom stereocenters. The maximum atomic E-state index is 12.1. The molecule has 108 valence electrons. The molecule has 0 spiro atoms. The van der Waals surface area contributed by atoms with E-state index in [0.717, 1.165) is 6.42 Å². The van der Waals surface area contributed by atoms with E-state index in [-0.39, 0.29) is 21.1 Å². The van der Waals surface area contributed by atoms with E-state index in [1.165, 1.54) is 18.2 Å². The first kappa shape index (κ1) is 16.8. The molecule has 0 radical (unpaired) electrons. The van der Waals surface area contributed by atoms with Crippen LogP contribution in [0.4, 0.5) is 0 Å². The smallest absolute Gasteiger partial charge is 0.178 e. The van der Waals surface area contributed by atoms with Crippen LogP contribution in [0.2, 0.25) is 10.0 Å². The Kier molecular flexibility index (Phi) is 5.68. The minimum absolute atomic E-state index is 0.0346. The Balaban J connectivity index is 2.74. The minimum Gasteiger partial charge on any atom is -0.330 e. The average Bonchev–Trinajstić information content (AvgIpc) is 2.32. The Morgan fingerprint density at radius 1 is 1.21 bits per heavy atom. The van der Waals surface area contributed by atoms with Crippen molar-refractivity contribution < 1.29 is 8.42 Å². The summed E-state index contributed by atoms with van der Waals surface area (Å²) in [7, 11) is -3.31. The van der Waals surface area contributed by atoms with Crippen molar-refractivity contribution in [3.63, 3.8) is 0 Å². The fraction of sp³-hybridized carbons (Fsp3) is 0.538. The lowest BCUT2D eigenvalue weighted by Crippen LogP contribution is -2.24. The molecule has 0 bridgehead atoms. The summed E-state index contributed by atoms with van der Waals surface area (Å²) < 4.78 is 24.3. The largest absolute Gasteiger partial charge is 0.330 e. The van der Waals surface area contributed by atoms with Gasteiger partial charge in [-0.05, 0) is 43.0 Å². The number of hydrogen-bond acceptors (Lipinski definition) is 3. The molecule has 3 nitrogen and oxygen atoms in total. The standard InChI is InChI=1S/C13H19Cl2NO2S/c1-13(2,9-16)6-3-7-19(17,18)10-4-5-11(14)12(15)8-10/h4-5,8H,3,6-7,9,16H2,1-2H3. The van der Waals surface area contributed by atoms with Crippen molar-refractivity contribution in [2.24, 2.45) is 11.1 Å². The van der Waals surface area contributed by atoms with Crippen LogP contribution in [0.5, 0.6) is 0 Å². The van der Waals surface area contributed by atoms with Gasteiger partial charge in [0.1, 0.15) is 0 Å². The average molecular weight is 324 g/mol. The lowest BCUT2D eigenvalue weighted by atomic mass is 9.88. The summed E-state index contributed by atoms with van der Waals surface area (Å²) in [4.78, 5) is 0.215. The van der Waals surface area contributed by atoms with Gasteiger partial charge in [-0.15, -0.1) is 0 Å². The Morgan fingerprint density at radius 3 is 2.37 bits per heavy atom. The highest BCUT2D eigenvalue weighted by atomic mass is 35.5. The number of hydrogen-bond donors (Lipinski definition) is 1. The van der Waals surface area contributed by atoms with E-state index in [1.807, 2.05) is 13.8 Å². The molecule has 2 N–H and O–H groups in total. The van der Waals surface area contributed by atoms with Crippen LogP contribution in [0.25, 0.3) is 0 Å². The van der Waals surface area contributed by atoms with Crippen LogP contribution in [0.15, 0.2) is 23.1 Å². The summed E-state index contributed by atoms with van der Waals surface area (Å²) in [5.41, 5.74) is 5.59. The van der Waals surface area contributed by atoms with Crippen LogP contribution < -0.4 is 5.73 Å². The van der Waals surface area contributed by atoms with Gasteiger partial charge in [0, 0.05) is 0 Å². The maximum Gasteiger partial charge on any atom is 0.178 e. The van der Waals surface area contributed by atoms with E-state index >= 15 is 0 Å². The van der Waals surface area contributed by atoms with Gasteiger partial charge in [0.25, 0.3) is 0 Å². The van der Waals surface area contributed by atoms with Crippen molar-refractivity contribution >= 4 is 33.0 Å². The van der Waals surface area contributed by atoms with Crippen molar-refractivity contribution in [2.75, 3.05) is 12.3 Å². The molecule has 0 saturated carbocycles. The summed E-state index contributed by atoms with van der Waals surface area (Å²) in [6, 6.07) is 4.38. The Hall–Kier alpha value is -0.290. The molecule has 0 aliphatic rings. The highest BCUT2D eigenvalue weighted by Crippen LogP contribution is 2.27. The van der Waals surface area contributed by atoms with Crippen LogP contribution in [-0.2, 0) is 9.84 Å². The summed E-state index contributed by atoms with van der Waals surface area (Å²) in [5.74, 6) is 0.0917. The van der Waals surface area contributed by atoms with E-state index in [2.05, 4.69) is 0 Å². The Labute approximate surface area is 125 Å². The molecule has 0 aliphatic carbocycles. The van der Waals surface area contributed by atoms with Crippen molar-refractivity contribution in [3.8, 4) is 0 Å². The van der Waals surface area contributed by atoms with Gasteiger partial charge in [-0.1, -0.05) is 37.0 Å². The van der Waals surface area contributed by atoms with Crippen molar-refractivity contribution in [1.29, 1.82) is 0 Å². The second kappa shape index (κ2) is 6.44. The fourth-order valence-corrected chi connectivity index (χ4v) is 3.33. The Bertz CT molecular complexity index is 542. The van der Waals surface area contributed by atoms with Gasteiger partial charge in [0.15, 0.2) is 9.84 Å². The molecule has 6 heteroatoms. The highest BCUT2D eigenvalue weighted by Gasteiger charge is 2.19. The Morgan fingerprint density at radius 2 is 1.84 bits per heavy atom. The lowest BCUT2D eigenvalue weighted by Gasteiger charge is -2.21. The van der Waals surface area contributed by atoms with Gasteiger partial charge in [0.2, 0.25) is 0 Å². The minimum atomic E-state index is -3.31. The SMILES string of the molecule is CC(C)(CN)CCCS(=O)(=O)c1ccc(Cl)c(Cl)c1. The molecule has 0 aromatic heterocycles. The summed E-state index contributed by atoms with van der Waals surface area (Å²) >= 11 is 11.6.